The number of aromatic nitrogens is 8. The zero-order valence-electron chi connectivity index (χ0n) is 18.4. The average Bonchev–Trinajstić information content (AvgIpc) is 3.50. The predicted octanol–water partition coefficient (Wildman–Crippen LogP) is 2.95. The molecule has 0 atom stereocenters. The second kappa shape index (κ2) is 8.23. The fourth-order valence-corrected chi connectivity index (χ4v) is 3.77. The fraction of sp³-hybridized carbons (Fsp3) is 0.174. The lowest BCUT2D eigenvalue weighted by Gasteiger charge is -2.20. The van der Waals surface area contributed by atoms with Gasteiger partial charge in [-0.05, 0) is 55.8 Å². The third-order valence-electron chi connectivity index (χ3n) is 5.47. The first-order valence-electron chi connectivity index (χ1n) is 10.4. The van der Waals surface area contributed by atoms with Crippen LogP contribution < -0.4 is 4.90 Å². The first-order chi connectivity index (χ1) is 16.0. The van der Waals surface area contributed by atoms with E-state index in [4.69, 9.17) is 4.98 Å². The largest absolute Gasteiger partial charge is 0.310 e. The highest BCUT2D eigenvalue weighted by atomic mass is 16.2. The molecule has 3 heterocycles. The lowest BCUT2D eigenvalue weighted by Crippen LogP contribution is -2.29. The second-order valence-electron chi connectivity index (χ2n) is 7.82. The Morgan fingerprint density at radius 1 is 1.12 bits per heavy atom. The zero-order valence-corrected chi connectivity index (χ0v) is 18.4. The van der Waals surface area contributed by atoms with Crippen molar-refractivity contribution in [1.29, 1.82) is 0 Å². The SMILES string of the molecule is Cc1ccc2nc(-c3ccc(N(C)C(=O)c4ccnn4Cc4nn[nH]n4)c(C)c3)ncc2c1. The van der Waals surface area contributed by atoms with Crippen LogP contribution in [0.25, 0.3) is 22.3 Å². The highest BCUT2D eigenvalue weighted by Crippen LogP contribution is 2.27. The van der Waals surface area contributed by atoms with Crippen LogP contribution in [0.2, 0.25) is 0 Å². The van der Waals surface area contributed by atoms with E-state index in [0.29, 0.717) is 17.3 Å². The van der Waals surface area contributed by atoms with Crippen molar-refractivity contribution in [1.82, 2.24) is 40.4 Å². The molecule has 5 aromatic rings. The van der Waals surface area contributed by atoms with Gasteiger partial charge in [-0.2, -0.15) is 10.3 Å². The van der Waals surface area contributed by atoms with Crippen LogP contribution in [0.15, 0.2) is 54.9 Å². The summed E-state index contributed by atoms with van der Waals surface area (Å²) in [6.45, 7) is 4.25. The number of nitrogens with zero attached hydrogens (tertiary/aromatic N) is 8. The molecule has 3 aromatic heterocycles. The highest BCUT2D eigenvalue weighted by Gasteiger charge is 2.20. The minimum atomic E-state index is -0.191. The predicted molar refractivity (Wildman–Crippen MR) is 123 cm³/mol. The van der Waals surface area contributed by atoms with Gasteiger partial charge in [-0.1, -0.05) is 16.8 Å². The number of nitrogens with one attached hydrogen (secondary N) is 1. The van der Waals surface area contributed by atoms with Crippen LogP contribution in [0.5, 0.6) is 0 Å². The van der Waals surface area contributed by atoms with Gasteiger partial charge in [-0.25, -0.2) is 9.97 Å². The van der Waals surface area contributed by atoms with Crippen molar-refractivity contribution in [2.75, 3.05) is 11.9 Å². The van der Waals surface area contributed by atoms with Crippen LogP contribution in [0, 0.1) is 13.8 Å². The fourth-order valence-electron chi connectivity index (χ4n) is 3.77. The van der Waals surface area contributed by atoms with E-state index in [0.717, 1.165) is 27.7 Å². The molecule has 0 bridgehead atoms. The molecule has 2 aromatic carbocycles. The molecular weight excluding hydrogens is 418 g/mol. The number of hydrogen-bond acceptors (Lipinski definition) is 7. The first kappa shape index (κ1) is 20.4. The number of tetrazole rings is 1. The number of H-pyrrole nitrogens is 1. The smallest absolute Gasteiger partial charge is 0.276 e. The maximum atomic E-state index is 13.2. The number of fused-ring (bicyclic) bond motifs is 1. The quantitative estimate of drug-likeness (QED) is 0.447. The number of rotatable bonds is 5. The molecule has 10 heteroatoms. The maximum Gasteiger partial charge on any atom is 0.276 e. The van der Waals surface area contributed by atoms with Crippen molar-refractivity contribution < 1.29 is 4.79 Å². The maximum absolute atomic E-state index is 13.2. The Kier molecular flexibility index (Phi) is 5.09. The molecular formula is C23H21N9O. The molecule has 0 aliphatic heterocycles. The van der Waals surface area contributed by atoms with E-state index in [-0.39, 0.29) is 12.5 Å². The number of carbonyl (C=O) groups is 1. The van der Waals surface area contributed by atoms with Gasteiger partial charge in [0.15, 0.2) is 11.6 Å². The molecule has 0 unspecified atom stereocenters. The number of anilines is 1. The van der Waals surface area contributed by atoms with Crippen molar-refractivity contribution in [3.63, 3.8) is 0 Å². The van der Waals surface area contributed by atoms with Crippen molar-refractivity contribution in [2.24, 2.45) is 0 Å². The lowest BCUT2D eigenvalue weighted by molar-refractivity contribution is 0.0983. The van der Waals surface area contributed by atoms with E-state index in [9.17, 15) is 4.79 Å². The van der Waals surface area contributed by atoms with Gasteiger partial charge in [0.1, 0.15) is 12.2 Å². The van der Waals surface area contributed by atoms with E-state index in [1.54, 1.807) is 28.9 Å². The second-order valence-corrected chi connectivity index (χ2v) is 7.82. The summed E-state index contributed by atoms with van der Waals surface area (Å²) < 4.78 is 1.55. The Morgan fingerprint density at radius 3 is 2.79 bits per heavy atom. The summed E-state index contributed by atoms with van der Waals surface area (Å²) >= 11 is 0. The van der Waals surface area contributed by atoms with Crippen molar-refractivity contribution in [2.45, 2.75) is 20.4 Å². The van der Waals surface area contributed by atoms with Crippen LogP contribution in [0.4, 0.5) is 5.69 Å². The van der Waals surface area contributed by atoms with Crippen LogP contribution >= 0.6 is 0 Å². The molecule has 0 spiro atoms. The lowest BCUT2D eigenvalue weighted by atomic mass is 10.1. The highest BCUT2D eigenvalue weighted by molar-refractivity contribution is 6.05. The van der Waals surface area contributed by atoms with Crippen molar-refractivity contribution >= 4 is 22.5 Å². The molecule has 164 valence electrons. The molecule has 33 heavy (non-hydrogen) atoms. The standard InChI is InChI=1S/C23H21N9O/c1-14-4-6-18-17(10-14)12-24-22(26-18)16-5-7-19(15(2)11-16)31(3)23(33)20-8-9-25-32(20)13-21-27-29-30-28-21/h4-12H,13H2,1-3H3,(H,27,28,29,30). The van der Waals surface area contributed by atoms with E-state index in [2.05, 4.69) is 36.8 Å². The summed E-state index contributed by atoms with van der Waals surface area (Å²) in [6, 6.07) is 13.6. The summed E-state index contributed by atoms with van der Waals surface area (Å²) in [5.41, 5.74) is 5.10. The Labute approximate surface area is 189 Å². The molecule has 5 rings (SSSR count). The number of aryl methyl sites for hydroxylation is 2. The molecule has 1 amide bonds. The average molecular weight is 439 g/mol. The molecule has 10 nitrogen and oxygen atoms in total. The van der Waals surface area contributed by atoms with Crippen LogP contribution in [-0.2, 0) is 6.54 Å². The van der Waals surface area contributed by atoms with Gasteiger partial charge in [0.05, 0.1) is 5.52 Å². The molecule has 0 aliphatic rings. The topological polar surface area (TPSA) is 118 Å². The Bertz CT molecular complexity index is 1460. The van der Waals surface area contributed by atoms with Crippen molar-refractivity contribution in [3.05, 3.63) is 77.5 Å². The Hall–Kier alpha value is -4.47. The molecule has 1 N–H and O–H groups in total. The minimum Gasteiger partial charge on any atom is -0.310 e. The van der Waals surface area contributed by atoms with Gasteiger partial charge in [0, 0.05) is 36.1 Å². The Morgan fingerprint density at radius 2 is 2.00 bits per heavy atom. The number of amides is 1. The van der Waals surface area contributed by atoms with E-state index in [1.807, 2.05) is 50.4 Å². The number of benzene rings is 2. The number of aromatic amines is 1. The molecule has 0 aliphatic carbocycles. The third-order valence-corrected chi connectivity index (χ3v) is 5.47. The number of carbonyl (C=O) groups excluding carboxylic acids is 1. The first-order valence-corrected chi connectivity index (χ1v) is 10.4. The van der Waals surface area contributed by atoms with E-state index < -0.39 is 0 Å². The molecule has 0 fully saturated rings. The van der Waals surface area contributed by atoms with Crippen LogP contribution in [0.1, 0.15) is 27.4 Å². The molecule has 0 saturated heterocycles. The van der Waals surface area contributed by atoms with E-state index in [1.165, 1.54) is 5.56 Å². The molecule has 0 radical (unpaired) electrons. The van der Waals surface area contributed by atoms with Crippen molar-refractivity contribution in [3.8, 4) is 11.4 Å². The zero-order chi connectivity index (χ0) is 22.9. The monoisotopic (exact) mass is 439 g/mol. The third kappa shape index (κ3) is 3.93. The van der Waals surface area contributed by atoms with E-state index >= 15 is 0 Å². The molecule has 0 saturated carbocycles. The summed E-state index contributed by atoms with van der Waals surface area (Å²) in [4.78, 5) is 24.1. The summed E-state index contributed by atoms with van der Waals surface area (Å²) in [5, 5.41) is 19.0. The Balaban J connectivity index is 1.41. The van der Waals surface area contributed by atoms with Gasteiger partial charge in [-0.15, -0.1) is 10.2 Å². The van der Waals surface area contributed by atoms with Crippen LogP contribution in [-0.4, -0.2) is 53.3 Å². The number of hydrogen-bond donors (Lipinski definition) is 1. The minimum absolute atomic E-state index is 0.191. The summed E-state index contributed by atoms with van der Waals surface area (Å²) in [6.07, 6.45) is 3.42. The van der Waals surface area contributed by atoms with Gasteiger partial charge < -0.3 is 4.90 Å². The summed E-state index contributed by atoms with van der Waals surface area (Å²) in [5.74, 6) is 0.902. The summed E-state index contributed by atoms with van der Waals surface area (Å²) in [7, 11) is 1.74. The van der Waals surface area contributed by atoms with Crippen LogP contribution in [0.3, 0.4) is 0 Å². The normalized spacial score (nSPS) is 11.1. The van der Waals surface area contributed by atoms with Gasteiger partial charge >= 0.3 is 0 Å². The van der Waals surface area contributed by atoms with Gasteiger partial charge in [-0.3, -0.25) is 9.48 Å². The van der Waals surface area contributed by atoms with Gasteiger partial charge in [0.25, 0.3) is 5.91 Å². The van der Waals surface area contributed by atoms with Gasteiger partial charge in [0.2, 0.25) is 0 Å².